The van der Waals surface area contributed by atoms with Crippen molar-refractivity contribution in [3.63, 3.8) is 0 Å². The molecule has 0 aromatic heterocycles. The second-order valence-corrected chi connectivity index (χ2v) is 6.64. The van der Waals surface area contributed by atoms with Gasteiger partial charge >= 0.3 is 0 Å². The Morgan fingerprint density at radius 2 is 2.00 bits per heavy atom. The molecule has 88 valence electrons. The maximum absolute atomic E-state index is 11.1. The maximum atomic E-state index is 11.1. The van der Waals surface area contributed by atoms with E-state index in [0.717, 1.165) is 12.8 Å². The van der Waals surface area contributed by atoms with Crippen LogP contribution in [0.4, 0.5) is 4.79 Å². The molecular weight excluding hydrogens is 205 g/mol. The van der Waals surface area contributed by atoms with Crippen LogP contribution in [0.15, 0.2) is 0 Å². The molecule has 1 aliphatic rings. The lowest BCUT2D eigenvalue weighted by Gasteiger charge is -2.46. The Labute approximate surface area is 95.8 Å². The van der Waals surface area contributed by atoms with Gasteiger partial charge in [0.2, 0.25) is 5.65 Å². The quantitative estimate of drug-likeness (QED) is 0.721. The second kappa shape index (κ2) is 4.41. The number of carbonyl (C=O) groups is 1. The Kier molecular flexibility index (Phi) is 3.81. The van der Waals surface area contributed by atoms with Crippen molar-refractivity contribution in [2.24, 2.45) is 10.8 Å². The molecule has 3 unspecified atom stereocenters. The minimum atomic E-state index is 0.0242. The average Bonchev–Trinajstić information content (AvgIpc) is 1.98. The van der Waals surface area contributed by atoms with Crippen molar-refractivity contribution >= 4 is 14.9 Å². The van der Waals surface area contributed by atoms with Crippen LogP contribution >= 0.6 is 9.24 Å². The van der Waals surface area contributed by atoms with Gasteiger partial charge in [0.05, 0.1) is 0 Å². The first-order chi connectivity index (χ1) is 6.76. The molecule has 0 radical (unpaired) electrons. The molecule has 1 aliphatic carbocycles. The van der Waals surface area contributed by atoms with Gasteiger partial charge < -0.3 is 5.32 Å². The summed E-state index contributed by atoms with van der Waals surface area (Å²) in [5, 5.41) is 3.05. The summed E-state index contributed by atoms with van der Waals surface area (Å²) in [6.45, 7) is 9.21. The van der Waals surface area contributed by atoms with Crippen molar-refractivity contribution in [3.8, 4) is 0 Å². The number of amides is 1. The fourth-order valence-corrected chi connectivity index (χ4v) is 3.44. The van der Waals surface area contributed by atoms with Gasteiger partial charge in [-0.1, -0.05) is 34.1 Å². The molecule has 15 heavy (non-hydrogen) atoms. The van der Waals surface area contributed by atoms with Crippen molar-refractivity contribution in [2.75, 3.05) is 0 Å². The molecular formula is C12H24NOP. The standard InChI is InChI=1S/C12H24NOP/c1-5-12(4)7-9(13-10(14)15)6-11(2,3)8-12/h9H,5-8,15H2,1-4H3,(H,13,14). The first-order valence-electron chi connectivity index (χ1n) is 5.82. The summed E-state index contributed by atoms with van der Waals surface area (Å²) in [4.78, 5) is 11.1. The van der Waals surface area contributed by atoms with Crippen LogP contribution in [0.1, 0.15) is 53.4 Å². The van der Waals surface area contributed by atoms with Crippen LogP contribution in [0.3, 0.4) is 0 Å². The molecule has 0 aliphatic heterocycles. The van der Waals surface area contributed by atoms with Crippen LogP contribution in [-0.4, -0.2) is 11.7 Å². The first kappa shape index (κ1) is 13.0. The maximum Gasteiger partial charge on any atom is 0.234 e. The van der Waals surface area contributed by atoms with E-state index in [-0.39, 0.29) is 5.65 Å². The van der Waals surface area contributed by atoms with Gasteiger partial charge in [0, 0.05) is 6.04 Å². The van der Waals surface area contributed by atoms with Crippen LogP contribution in [0, 0.1) is 10.8 Å². The van der Waals surface area contributed by atoms with Gasteiger partial charge in [0.1, 0.15) is 0 Å². The number of hydrogen-bond donors (Lipinski definition) is 1. The van der Waals surface area contributed by atoms with Gasteiger partial charge in [-0.2, -0.15) is 0 Å². The summed E-state index contributed by atoms with van der Waals surface area (Å²) in [6, 6.07) is 0.351. The Balaban J connectivity index is 2.72. The molecule has 2 nitrogen and oxygen atoms in total. The van der Waals surface area contributed by atoms with Crippen molar-refractivity contribution in [1.82, 2.24) is 5.32 Å². The van der Waals surface area contributed by atoms with E-state index in [1.54, 1.807) is 0 Å². The van der Waals surface area contributed by atoms with Crippen LogP contribution in [-0.2, 0) is 0 Å². The topological polar surface area (TPSA) is 29.1 Å². The van der Waals surface area contributed by atoms with Gasteiger partial charge in [-0.3, -0.25) is 4.79 Å². The number of rotatable bonds is 2. The molecule has 3 heteroatoms. The molecule has 0 heterocycles. The fourth-order valence-electron chi connectivity index (χ4n) is 3.21. The van der Waals surface area contributed by atoms with E-state index < -0.39 is 0 Å². The number of hydrogen-bond acceptors (Lipinski definition) is 1. The van der Waals surface area contributed by atoms with Gasteiger partial charge in [0.15, 0.2) is 0 Å². The highest BCUT2D eigenvalue weighted by atomic mass is 31.0. The minimum Gasteiger partial charge on any atom is -0.350 e. The first-order valence-corrected chi connectivity index (χ1v) is 6.40. The van der Waals surface area contributed by atoms with Crippen LogP contribution in [0.2, 0.25) is 0 Å². The predicted octanol–water partition coefficient (Wildman–Crippen LogP) is 3.57. The van der Waals surface area contributed by atoms with Crippen LogP contribution in [0.25, 0.3) is 0 Å². The van der Waals surface area contributed by atoms with Crippen molar-refractivity contribution in [1.29, 1.82) is 0 Å². The van der Waals surface area contributed by atoms with Crippen LogP contribution < -0.4 is 5.32 Å². The molecule has 1 rings (SSSR count). The Morgan fingerprint density at radius 3 is 2.47 bits per heavy atom. The van der Waals surface area contributed by atoms with Crippen molar-refractivity contribution in [3.05, 3.63) is 0 Å². The zero-order chi connectivity index (χ0) is 11.7. The molecule has 0 aromatic carbocycles. The summed E-state index contributed by atoms with van der Waals surface area (Å²) in [7, 11) is 2.21. The lowest BCUT2D eigenvalue weighted by Crippen LogP contribution is -2.45. The smallest absolute Gasteiger partial charge is 0.234 e. The van der Waals surface area contributed by atoms with E-state index in [0.29, 0.717) is 16.9 Å². The lowest BCUT2D eigenvalue weighted by atomic mass is 9.62. The second-order valence-electron chi connectivity index (χ2n) is 6.12. The third-order valence-corrected chi connectivity index (χ3v) is 3.81. The van der Waals surface area contributed by atoms with E-state index >= 15 is 0 Å². The van der Waals surface area contributed by atoms with Gasteiger partial charge in [-0.05, 0) is 39.3 Å². The van der Waals surface area contributed by atoms with Gasteiger partial charge in [-0.15, -0.1) is 0 Å². The zero-order valence-corrected chi connectivity index (χ0v) is 11.5. The molecule has 1 N–H and O–H groups in total. The van der Waals surface area contributed by atoms with E-state index in [1.165, 1.54) is 12.8 Å². The van der Waals surface area contributed by atoms with Gasteiger partial charge in [0.25, 0.3) is 0 Å². The summed E-state index contributed by atoms with van der Waals surface area (Å²) in [5.41, 5.74) is 0.761. The SMILES string of the molecule is CCC1(C)CC(NC(=O)P)CC(C)(C)C1. The minimum absolute atomic E-state index is 0.0242. The monoisotopic (exact) mass is 229 g/mol. The predicted molar refractivity (Wildman–Crippen MR) is 68.1 cm³/mol. The summed E-state index contributed by atoms with van der Waals surface area (Å²) in [6.07, 6.45) is 4.68. The van der Waals surface area contributed by atoms with E-state index in [4.69, 9.17) is 0 Å². The molecule has 1 saturated carbocycles. The normalized spacial score (nSPS) is 34.9. The summed E-state index contributed by atoms with van der Waals surface area (Å²) in [5.74, 6) is 0. The largest absolute Gasteiger partial charge is 0.350 e. The fraction of sp³-hybridized carbons (Fsp3) is 0.917. The number of nitrogens with one attached hydrogen (secondary N) is 1. The highest BCUT2D eigenvalue weighted by Crippen LogP contribution is 2.47. The molecule has 1 amide bonds. The molecule has 1 fully saturated rings. The van der Waals surface area contributed by atoms with E-state index in [1.807, 2.05) is 0 Å². The Bertz CT molecular complexity index is 252. The highest BCUT2D eigenvalue weighted by molar-refractivity contribution is 7.39. The van der Waals surface area contributed by atoms with Crippen molar-refractivity contribution in [2.45, 2.75) is 59.4 Å². The Morgan fingerprint density at radius 1 is 1.40 bits per heavy atom. The highest BCUT2D eigenvalue weighted by Gasteiger charge is 2.40. The van der Waals surface area contributed by atoms with E-state index in [9.17, 15) is 4.79 Å². The third-order valence-electron chi connectivity index (χ3n) is 3.64. The molecule has 0 spiro atoms. The summed E-state index contributed by atoms with van der Waals surface area (Å²) >= 11 is 0. The third kappa shape index (κ3) is 3.75. The lowest BCUT2D eigenvalue weighted by molar-refractivity contribution is 0.0722. The Hall–Kier alpha value is -0.100. The van der Waals surface area contributed by atoms with Crippen molar-refractivity contribution < 1.29 is 4.79 Å². The van der Waals surface area contributed by atoms with E-state index in [2.05, 4.69) is 42.3 Å². The van der Waals surface area contributed by atoms with Gasteiger partial charge in [-0.25, -0.2) is 0 Å². The van der Waals surface area contributed by atoms with Crippen LogP contribution in [0.5, 0.6) is 0 Å². The summed E-state index contributed by atoms with van der Waals surface area (Å²) < 4.78 is 0. The molecule has 0 aromatic rings. The number of carbonyl (C=O) groups excluding carboxylic acids is 1. The molecule has 0 bridgehead atoms. The molecule has 3 atom stereocenters. The average molecular weight is 229 g/mol. The zero-order valence-electron chi connectivity index (χ0n) is 10.4. The molecule has 0 saturated heterocycles.